The summed E-state index contributed by atoms with van der Waals surface area (Å²) < 4.78 is 0. The maximum absolute atomic E-state index is 12.1. The van der Waals surface area contributed by atoms with Crippen LogP contribution in [0.25, 0.3) is 27.5 Å². The highest BCUT2D eigenvalue weighted by atomic mass is 16.3. The van der Waals surface area contributed by atoms with Crippen LogP contribution in [0, 0.1) is 0 Å². The molecule has 4 nitrogen and oxygen atoms in total. The largest absolute Gasteiger partial charge is 0.507 e. The molecule has 4 heteroatoms. The summed E-state index contributed by atoms with van der Waals surface area (Å²) in [6.45, 7) is 2.89. The Labute approximate surface area is 181 Å². The molecule has 0 aliphatic carbocycles. The van der Waals surface area contributed by atoms with E-state index < -0.39 is 0 Å². The second-order valence-electron chi connectivity index (χ2n) is 8.01. The quantitative estimate of drug-likeness (QED) is 0.489. The average Bonchev–Trinajstić information content (AvgIpc) is 2.82. The van der Waals surface area contributed by atoms with Gasteiger partial charge in [-0.3, -0.25) is 9.69 Å². The molecule has 31 heavy (non-hydrogen) atoms. The summed E-state index contributed by atoms with van der Waals surface area (Å²) in [4.78, 5) is 17.4. The van der Waals surface area contributed by atoms with Crippen molar-refractivity contribution in [3.8, 4) is 16.9 Å². The fraction of sp³-hybridized carbons (Fsp3) is 0.148. The number of hydrogen-bond donors (Lipinski definition) is 2. The van der Waals surface area contributed by atoms with Crippen LogP contribution in [0.3, 0.4) is 0 Å². The first-order valence-electron chi connectivity index (χ1n) is 10.6. The fourth-order valence-corrected chi connectivity index (χ4v) is 4.34. The molecule has 1 aliphatic rings. The Kier molecular flexibility index (Phi) is 5.14. The Hall–Kier alpha value is -3.63. The van der Waals surface area contributed by atoms with Gasteiger partial charge in [0.25, 0.3) is 5.56 Å². The molecule has 2 heterocycles. The number of H-pyrrole nitrogens is 1. The van der Waals surface area contributed by atoms with Crippen LogP contribution in [0.15, 0.2) is 89.9 Å². The van der Waals surface area contributed by atoms with Crippen LogP contribution in [0.1, 0.15) is 17.5 Å². The number of phenolic OH excluding ortho intramolecular Hbond substituents is 1. The molecule has 0 fully saturated rings. The molecule has 0 spiro atoms. The lowest BCUT2D eigenvalue weighted by Gasteiger charge is -2.26. The molecule has 2 N–H and O–H groups in total. The summed E-state index contributed by atoms with van der Waals surface area (Å²) in [5.74, 6) is 0.122. The highest BCUT2D eigenvalue weighted by Crippen LogP contribution is 2.32. The summed E-state index contributed by atoms with van der Waals surface area (Å²) in [6, 6.07) is 24.0. The van der Waals surface area contributed by atoms with Crippen LogP contribution in [0.4, 0.5) is 0 Å². The Morgan fingerprint density at radius 3 is 2.45 bits per heavy atom. The van der Waals surface area contributed by atoms with Gasteiger partial charge in [0.05, 0.1) is 5.39 Å². The SMILES string of the molecule is O=c1[nH]cc(-c2ccc(CN3CC=C(c4ccccc4)CC3)cc2)c2c(O)cccc12. The number of aromatic hydroxyl groups is 1. The number of rotatable bonds is 4. The minimum absolute atomic E-state index is 0.122. The maximum atomic E-state index is 12.1. The molecule has 0 unspecified atom stereocenters. The van der Waals surface area contributed by atoms with E-state index in [1.54, 1.807) is 24.4 Å². The van der Waals surface area contributed by atoms with E-state index in [0.29, 0.717) is 10.8 Å². The van der Waals surface area contributed by atoms with E-state index in [2.05, 4.69) is 70.6 Å². The van der Waals surface area contributed by atoms with Gasteiger partial charge in [-0.25, -0.2) is 0 Å². The number of nitrogens with zero attached hydrogens (tertiary/aromatic N) is 1. The molecule has 3 aromatic carbocycles. The molecule has 0 saturated carbocycles. The minimum atomic E-state index is -0.195. The van der Waals surface area contributed by atoms with Crippen molar-refractivity contribution in [2.45, 2.75) is 13.0 Å². The zero-order valence-electron chi connectivity index (χ0n) is 17.2. The lowest BCUT2D eigenvalue weighted by atomic mass is 9.98. The van der Waals surface area contributed by atoms with Crippen LogP contribution in [0.5, 0.6) is 5.75 Å². The molecule has 0 amide bonds. The first kappa shape index (κ1) is 19.3. The third-order valence-electron chi connectivity index (χ3n) is 6.01. The summed E-state index contributed by atoms with van der Waals surface area (Å²) >= 11 is 0. The van der Waals surface area contributed by atoms with Crippen LogP contribution in [-0.2, 0) is 6.54 Å². The number of benzene rings is 3. The zero-order valence-corrected chi connectivity index (χ0v) is 17.2. The number of fused-ring (bicyclic) bond motifs is 1. The summed E-state index contributed by atoms with van der Waals surface area (Å²) in [6.07, 6.45) is 5.08. The van der Waals surface area contributed by atoms with Gasteiger partial charge in [-0.05, 0) is 40.8 Å². The van der Waals surface area contributed by atoms with Gasteiger partial charge in [0, 0.05) is 36.8 Å². The van der Waals surface area contributed by atoms with E-state index in [-0.39, 0.29) is 11.3 Å². The third-order valence-corrected chi connectivity index (χ3v) is 6.01. The Balaban J connectivity index is 1.34. The smallest absolute Gasteiger partial charge is 0.255 e. The summed E-state index contributed by atoms with van der Waals surface area (Å²) in [7, 11) is 0. The van der Waals surface area contributed by atoms with Gasteiger partial charge >= 0.3 is 0 Å². The monoisotopic (exact) mass is 408 g/mol. The fourth-order valence-electron chi connectivity index (χ4n) is 4.34. The van der Waals surface area contributed by atoms with Crippen molar-refractivity contribution in [2.75, 3.05) is 13.1 Å². The average molecular weight is 409 g/mol. The second-order valence-corrected chi connectivity index (χ2v) is 8.01. The van der Waals surface area contributed by atoms with Crippen LogP contribution in [0.2, 0.25) is 0 Å². The first-order valence-corrected chi connectivity index (χ1v) is 10.6. The van der Waals surface area contributed by atoms with Crippen molar-refractivity contribution in [1.29, 1.82) is 0 Å². The lowest BCUT2D eigenvalue weighted by Crippen LogP contribution is -2.27. The Morgan fingerprint density at radius 1 is 0.903 bits per heavy atom. The van der Waals surface area contributed by atoms with E-state index in [1.807, 2.05) is 0 Å². The van der Waals surface area contributed by atoms with Crippen molar-refractivity contribution in [3.63, 3.8) is 0 Å². The van der Waals surface area contributed by atoms with Gasteiger partial charge < -0.3 is 10.1 Å². The number of aromatic amines is 1. The number of nitrogens with one attached hydrogen (secondary N) is 1. The minimum Gasteiger partial charge on any atom is -0.507 e. The zero-order chi connectivity index (χ0) is 21.2. The van der Waals surface area contributed by atoms with Gasteiger partial charge in [0.1, 0.15) is 5.75 Å². The van der Waals surface area contributed by atoms with Gasteiger partial charge in [-0.1, -0.05) is 66.7 Å². The molecule has 0 atom stereocenters. The summed E-state index contributed by atoms with van der Waals surface area (Å²) in [5.41, 5.74) is 5.60. The van der Waals surface area contributed by atoms with Crippen LogP contribution in [-0.4, -0.2) is 28.1 Å². The number of hydrogen-bond acceptors (Lipinski definition) is 3. The van der Waals surface area contributed by atoms with Crippen molar-refractivity contribution in [1.82, 2.24) is 9.88 Å². The number of phenols is 1. The number of pyridine rings is 1. The van der Waals surface area contributed by atoms with Gasteiger partial charge in [-0.15, -0.1) is 0 Å². The molecular weight excluding hydrogens is 384 g/mol. The third kappa shape index (κ3) is 3.90. The maximum Gasteiger partial charge on any atom is 0.255 e. The molecule has 1 aliphatic heterocycles. The number of aromatic nitrogens is 1. The van der Waals surface area contributed by atoms with Gasteiger partial charge in [-0.2, -0.15) is 0 Å². The van der Waals surface area contributed by atoms with E-state index in [0.717, 1.165) is 37.2 Å². The predicted molar refractivity (Wildman–Crippen MR) is 126 cm³/mol. The van der Waals surface area contributed by atoms with E-state index in [4.69, 9.17) is 0 Å². The van der Waals surface area contributed by atoms with Gasteiger partial charge in [0.15, 0.2) is 0 Å². The standard InChI is InChI=1S/C27H24N2O2/c30-25-8-4-7-23-26(25)24(17-28-27(23)31)22-11-9-19(10-12-22)18-29-15-13-21(14-16-29)20-5-2-1-3-6-20/h1-13,17,30H,14-16,18H2,(H,28,31). The van der Waals surface area contributed by atoms with E-state index in [9.17, 15) is 9.90 Å². The lowest BCUT2D eigenvalue weighted by molar-refractivity contribution is 0.294. The molecule has 0 bridgehead atoms. The van der Waals surface area contributed by atoms with Crippen LogP contribution < -0.4 is 5.56 Å². The predicted octanol–water partition coefficient (Wildman–Crippen LogP) is 5.19. The van der Waals surface area contributed by atoms with E-state index in [1.165, 1.54) is 16.7 Å². The first-order chi connectivity index (χ1) is 15.2. The topological polar surface area (TPSA) is 56.3 Å². The molecule has 4 aromatic rings. The normalized spacial score (nSPS) is 14.5. The molecule has 0 saturated heterocycles. The Morgan fingerprint density at radius 2 is 1.71 bits per heavy atom. The van der Waals surface area contributed by atoms with E-state index >= 15 is 0 Å². The second kappa shape index (κ2) is 8.25. The van der Waals surface area contributed by atoms with Crippen molar-refractivity contribution in [2.24, 2.45) is 0 Å². The van der Waals surface area contributed by atoms with Crippen molar-refractivity contribution < 1.29 is 5.11 Å². The van der Waals surface area contributed by atoms with Crippen molar-refractivity contribution >= 4 is 16.3 Å². The molecule has 1 aromatic heterocycles. The van der Waals surface area contributed by atoms with Gasteiger partial charge in [0.2, 0.25) is 0 Å². The molecule has 5 rings (SSSR count). The highest BCUT2D eigenvalue weighted by molar-refractivity contribution is 5.99. The molecule has 154 valence electrons. The van der Waals surface area contributed by atoms with Crippen LogP contribution >= 0.6 is 0 Å². The summed E-state index contributed by atoms with van der Waals surface area (Å²) in [5, 5.41) is 11.4. The molecular formula is C27H24N2O2. The van der Waals surface area contributed by atoms with Crippen molar-refractivity contribution in [3.05, 3.63) is 107 Å². The Bertz CT molecular complexity index is 1300. The molecule has 0 radical (unpaired) electrons. The highest BCUT2D eigenvalue weighted by Gasteiger charge is 2.14.